The Morgan fingerprint density at radius 2 is 2.10 bits per heavy atom. The minimum atomic E-state index is -0.855. The van der Waals surface area contributed by atoms with Gasteiger partial charge in [0.1, 0.15) is 0 Å². The molecule has 2 aliphatic carbocycles. The Kier molecular flexibility index (Phi) is 3.46. The zero-order valence-corrected chi connectivity index (χ0v) is 11.1. The molecule has 1 aromatic carbocycles. The van der Waals surface area contributed by atoms with Crippen molar-refractivity contribution in [3.8, 4) is 0 Å². The highest BCUT2D eigenvalue weighted by Gasteiger charge is 2.45. The Bertz CT molecular complexity index is 531. The number of nitrogens with one attached hydrogen (secondary N) is 1. The van der Waals surface area contributed by atoms with E-state index >= 15 is 0 Å². The van der Waals surface area contributed by atoms with Gasteiger partial charge in [-0.25, -0.2) is 8.78 Å². The van der Waals surface area contributed by atoms with Crippen LogP contribution in [-0.2, 0) is 4.79 Å². The monoisotopic (exact) mass is 280 g/mol. The van der Waals surface area contributed by atoms with Crippen molar-refractivity contribution in [3.63, 3.8) is 0 Å². The summed E-state index contributed by atoms with van der Waals surface area (Å²) < 4.78 is 26.1. The Morgan fingerprint density at radius 3 is 2.70 bits per heavy atom. The first kappa shape index (κ1) is 13.5. The van der Waals surface area contributed by atoms with Gasteiger partial charge in [0.05, 0.1) is 0 Å². The van der Waals surface area contributed by atoms with Gasteiger partial charge in [0, 0.05) is 18.5 Å². The lowest BCUT2D eigenvalue weighted by atomic mass is 10.1. The molecule has 0 aromatic heterocycles. The number of carbonyl (C=O) groups excluding carboxylic acids is 1. The molecule has 2 aliphatic rings. The van der Waals surface area contributed by atoms with Crippen molar-refractivity contribution < 1.29 is 13.6 Å². The largest absolute Gasteiger partial charge is 0.352 e. The topological polar surface area (TPSA) is 55.1 Å². The average molecular weight is 280 g/mol. The molecule has 0 radical (unpaired) electrons. The van der Waals surface area contributed by atoms with Crippen molar-refractivity contribution in [2.24, 2.45) is 17.6 Å². The SMILES string of the molecule is NCC(NC(=O)C1CC1c1ccc(F)c(F)c1)C1CC1. The number of hydrogen-bond donors (Lipinski definition) is 2. The van der Waals surface area contributed by atoms with Crippen molar-refractivity contribution in [2.75, 3.05) is 6.54 Å². The smallest absolute Gasteiger partial charge is 0.224 e. The summed E-state index contributed by atoms with van der Waals surface area (Å²) in [6.07, 6.45) is 2.94. The van der Waals surface area contributed by atoms with E-state index < -0.39 is 11.6 Å². The molecule has 0 heterocycles. The zero-order valence-electron chi connectivity index (χ0n) is 11.1. The molecule has 3 rings (SSSR count). The van der Waals surface area contributed by atoms with E-state index in [0.29, 0.717) is 24.4 Å². The number of hydrogen-bond acceptors (Lipinski definition) is 2. The first-order valence-electron chi connectivity index (χ1n) is 7.05. The number of rotatable bonds is 5. The molecule has 0 bridgehead atoms. The van der Waals surface area contributed by atoms with E-state index in [1.165, 1.54) is 6.07 Å². The fourth-order valence-electron chi connectivity index (χ4n) is 2.75. The van der Waals surface area contributed by atoms with Gasteiger partial charge in [0.2, 0.25) is 5.91 Å². The predicted octanol–water partition coefficient (Wildman–Crippen LogP) is 1.92. The second kappa shape index (κ2) is 5.13. The van der Waals surface area contributed by atoms with Gasteiger partial charge in [-0.2, -0.15) is 0 Å². The molecule has 0 saturated heterocycles. The highest BCUT2D eigenvalue weighted by Crippen LogP contribution is 2.48. The average Bonchev–Trinajstić information content (AvgIpc) is 3.29. The van der Waals surface area contributed by atoms with Crippen molar-refractivity contribution >= 4 is 5.91 Å². The van der Waals surface area contributed by atoms with Gasteiger partial charge in [-0.15, -0.1) is 0 Å². The molecule has 108 valence electrons. The van der Waals surface area contributed by atoms with Gasteiger partial charge in [-0.1, -0.05) is 6.07 Å². The third-order valence-corrected chi connectivity index (χ3v) is 4.27. The molecule has 20 heavy (non-hydrogen) atoms. The van der Waals surface area contributed by atoms with Crippen molar-refractivity contribution in [1.82, 2.24) is 5.32 Å². The second-order valence-electron chi connectivity index (χ2n) is 5.81. The summed E-state index contributed by atoms with van der Waals surface area (Å²) in [5.41, 5.74) is 6.35. The maximum Gasteiger partial charge on any atom is 0.224 e. The highest BCUT2D eigenvalue weighted by atomic mass is 19.2. The van der Waals surface area contributed by atoms with E-state index in [4.69, 9.17) is 5.73 Å². The van der Waals surface area contributed by atoms with Gasteiger partial charge >= 0.3 is 0 Å². The maximum atomic E-state index is 13.2. The van der Waals surface area contributed by atoms with E-state index in [-0.39, 0.29) is 23.8 Å². The Hall–Kier alpha value is -1.49. The molecule has 2 saturated carbocycles. The predicted molar refractivity (Wildman–Crippen MR) is 70.9 cm³/mol. The Labute approximate surface area is 116 Å². The van der Waals surface area contributed by atoms with Crippen LogP contribution >= 0.6 is 0 Å². The van der Waals surface area contributed by atoms with Crippen LogP contribution in [0, 0.1) is 23.5 Å². The minimum Gasteiger partial charge on any atom is -0.352 e. The lowest BCUT2D eigenvalue weighted by molar-refractivity contribution is -0.123. The number of nitrogens with two attached hydrogens (primary N) is 1. The summed E-state index contributed by atoms with van der Waals surface area (Å²) >= 11 is 0. The summed E-state index contributed by atoms with van der Waals surface area (Å²) in [5, 5.41) is 2.98. The molecule has 1 amide bonds. The van der Waals surface area contributed by atoms with Gasteiger partial charge in [-0.05, 0) is 48.8 Å². The van der Waals surface area contributed by atoms with Crippen LogP contribution in [0.3, 0.4) is 0 Å². The number of carbonyl (C=O) groups is 1. The molecule has 1 aromatic rings. The number of halogens is 2. The second-order valence-corrected chi connectivity index (χ2v) is 5.81. The summed E-state index contributed by atoms with van der Waals surface area (Å²) in [5.74, 6) is -1.33. The third kappa shape index (κ3) is 2.68. The van der Waals surface area contributed by atoms with Crippen molar-refractivity contribution in [3.05, 3.63) is 35.4 Å². The molecule has 3 unspecified atom stereocenters. The summed E-state index contributed by atoms with van der Waals surface area (Å²) in [6.45, 7) is 0.457. The summed E-state index contributed by atoms with van der Waals surface area (Å²) in [7, 11) is 0. The first-order valence-corrected chi connectivity index (χ1v) is 7.05. The molecule has 0 spiro atoms. The molecular weight excluding hydrogens is 262 g/mol. The zero-order chi connectivity index (χ0) is 14.3. The van der Waals surface area contributed by atoms with Crippen LogP contribution in [0.15, 0.2) is 18.2 Å². The molecule has 3 atom stereocenters. The van der Waals surface area contributed by atoms with Gasteiger partial charge in [0.15, 0.2) is 11.6 Å². The van der Waals surface area contributed by atoms with E-state index in [2.05, 4.69) is 5.32 Å². The van der Waals surface area contributed by atoms with Crippen LogP contribution in [0.4, 0.5) is 8.78 Å². The van der Waals surface area contributed by atoms with E-state index in [1.807, 2.05) is 0 Å². The van der Waals surface area contributed by atoms with Crippen LogP contribution in [0.1, 0.15) is 30.7 Å². The van der Waals surface area contributed by atoms with E-state index in [9.17, 15) is 13.6 Å². The molecule has 2 fully saturated rings. The quantitative estimate of drug-likeness (QED) is 0.866. The normalized spacial score (nSPS) is 26.1. The van der Waals surface area contributed by atoms with Crippen LogP contribution in [0.5, 0.6) is 0 Å². The fraction of sp³-hybridized carbons (Fsp3) is 0.533. The molecule has 5 heteroatoms. The van der Waals surface area contributed by atoms with Crippen molar-refractivity contribution in [1.29, 1.82) is 0 Å². The van der Waals surface area contributed by atoms with Crippen LogP contribution in [0.2, 0.25) is 0 Å². The first-order chi connectivity index (χ1) is 9.60. The van der Waals surface area contributed by atoms with Crippen molar-refractivity contribution in [2.45, 2.75) is 31.2 Å². The lowest BCUT2D eigenvalue weighted by Crippen LogP contribution is -2.42. The number of benzene rings is 1. The molecule has 3 N–H and O–H groups in total. The van der Waals surface area contributed by atoms with E-state index in [0.717, 1.165) is 18.9 Å². The lowest BCUT2D eigenvalue weighted by Gasteiger charge is -2.16. The number of amides is 1. The van der Waals surface area contributed by atoms with Gasteiger partial charge < -0.3 is 11.1 Å². The van der Waals surface area contributed by atoms with Crippen LogP contribution < -0.4 is 11.1 Å². The molecular formula is C15H18F2N2O. The standard InChI is InChI=1S/C15H18F2N2O/c16-12-4-3-9(5-13(12)17)10-6-11(10)15(20)19-14(7-18)8-1-2-8/h3-5,8,10-11,14H,1-2,6-7,18H2,(H,19,20). The van der Waals surface area contributed by atoms with Gasteiger partial charge in [0.25, 0.3) is 0 Å². The third-order valence-electron chi connectivity index (χ3n) is 4.27. The highest BCUT2D eigenvalue weighted by molar-refractivity contribution is 5.83. The van der Waals surface area contributed by atoms with Crippen LogP contribution in [-0.4, -0.2) is 18.5 Å². The summed E-state index contributed by atoms with van der Waals surface area (Å²) in [6, 6.07) is 3.92. The minimum absolute atomic E-state index is 0.00253. The van der Waals surface area contributed by atoms with Gasteiger partial charge in [-0.3, -0.25) is 4.79 Å². The Balaban J connectivity index is 1.60. The van der Waals surface area contributed by atoms with E-state index in [1.54, 1.807) is 6.07 Å². The fourth-order valence-corrected chi connectivity index (χ4v) is 2.75. The summed E-state index contributed by atoms with van der Waals surface area (Å²) in [4.78, 5) is 12.1. The maximum absolute atomic E-state index is 13.2. The molecule has 0 aliphatic heterocycles. The Morgan fingerprint density at radius 1 is 1.35 bits per heavy atom. The van der Waals surface area contributed by atoms with Crippen LogP contribution in [0.25, 0.3) is 0 Å². The molecule has 3 nitrogen and oxygen atoms in total.